The third-order valence-electron chi connectivity index (χ3n) is 6.18. The van der Waals surface area contributed by atoms with Crippen LogP contribution in [0.3, 0.4) is 0 Å². The number of nitrogens with zero attached hydrogens (tertiary/aromatic N) is 4. The fourth-order valence-corrected chi connectivity index (χ4v) is 4.42. The molecule has 29 heavy (non-hydrogen) atoms. The summed E-state index contributed by atoms with van der Waals surface area (Å²) in [6, 6.07) is 0. The lowest BCUT2D eigenvalue weighted by atomic mass is 9.89. The summed E-state index contributed by atoms with van der Waals surface area (Å²) < 4.78 is 10.9. The van der Waals surface area contributed by atoms with Gasteiger partial charge in [0.25, 0.3) is 0 Å². The molecule has 0 N–H and O–H groups in total. The molecule has 1 spiro atoms. The maximum absolute atomic E-state index is 12.6. The lowest BCUT2D eigenvalue weighted by molar-refractivity contribution is -0.140. The van der Waals surface area contributed by atoms with E-state index in [0.717, 1.165) is 51.1 Å². The lowest BCUT2D eigenvalue weighted by Crippen LogP contribution is -2.57. The number of aromatic nitrogens is 2. The second-order valence-electron chi connectivity index (χ2n) is 8.05. The maximum atomic E-state index is 12.6. The van der Waals surface area contributed by atoms with Gasteiger partial charge >= 0.3 is 5.97 Å². The Balaban J connectivity index is 1.34. The monoisotopic (exact) mass is 400 g/mol. The number of hydrogen-bond acceptors (Lipinski definition) is 7. The minimum atomic E-state index is -0.493. The number of hydrogen-bond donors (Lipinski definition) is 0. The molecule has 0 radical (unpaired) electrons. The van der Waals surface area contributed by atoms with Crippen LogP contribution in [0, 0.1) is 5.92 Å². The Morgan fingerprint density at radius 3 is 2.72 bits per heavy atom. The van der Waals surface area contributed by atoms with Crippen LogP contribution < -0.4 is 4.90 Å². The SMILES string of the molecule is COC(=O)c1cnc(N2CCOC3(CCN(C(=O)CC4C=CCC4)CC3)C2)cn1. The van der Waals surface area contributed by atoms with Gasteiger partial charge in [-0.15, -0.1) is 0 Å². The number of methoxy groups -OCH3 is 1. The number of esters is 1. The number of amides is 1. The van der Waals surface area contributed by atoms with E-state index < -0.39 is 5.97 Å². The highest BCUT2D eigenvalue weighted by Crippen LogP contribution is 2.32. The molecule has 1 aromatic heterocycles. The molecule has 1 aromatic rings. The smallest absolute Gasteiger partial charge is 0.358 e. The summed E-state index contributed by atoms with van der Waals surface area (Å²) >= 11 is 0. The first-order chi connectivity index (χ1) is 14.1. The van der Waals surface area contributed by atoms with Crippen molar-refractivity contribution in [2.24, 2.45) is 5.92 Å². The molecule has 2 saturated heterocycles. The summed E-state index contributed by atoms with van der Waals surface area (Å²) in [7, 11) is 1.32. The predicted octanol–water partition coefficient (Wildman–Crippen LogP) is 1.82. The van der Waals surface area contributed by atoms with Crippen molar-refractivity contribution in [2.75, 3.05) is 44.8 Å². The number of likely N-dealkylation sites (tertiary alicyclic amines) is 1. The highest BCUT2D eigenvalue weighted by Gasteiger charge is 2.41. The molecule has 0 saturated carbocycles. The van der Waals surface area contributed by atoms with Crippen LogP contribution >= 0.6 is 0 Å². The van der Waals surface area contributed by atoms with Crippen LogP contribution in [0.5, 0.6) is 0 Å². The molecular formula is C21H28N4O4. The van der Waals surface area contributed by atoms with Crippen LogP contribution in [0.15, 0.2) is 24.5 Å². The fraction of sp³-hybridized carbons (Fsp3) is 0.619. The summed E-state index contributed by atoms with van der Waals surface area (Å²) in [6.45, 7) is 3.52. The Bertz CT molecular complexity index is 771. The highest BCUT2D eigenvalue weighted by atomic mass is 16.5. The second kappa shape index (κ2) is 8.49. The van der Waals surface area contributed by atoms with Crippen molar-refractivity contribution < 1.29 is 19.1 Å². The van der Waals surface area contributed by atoms with Gasteiger partial charge < -0.3 is 19.3 Å². The van der Waals surface area contributed by atoms with Crippen molar-refractivity contribution in [2.45, 2.75) is 37.7 Å². The molecule has 3 heterocycles. The van der Waals surface area contributed by atoms with E-state index in [0.29, 0.717) is 25.5 Å². The summed E-state index contributed by atoms with van der Waals surface area (Å²) in [4.78, 5) is 36.8. The van der Waals surface area contributed by atoms with Crippen LogP contribution in [0.4, 0.5) is 5.82 Å². The molecule has 0 aromatic carbocycles. The Morgan fingerprint density at radius 2 is 2.07 bits per heavy atom. The van der Waals surface area contributed by atoms with E-state index in [1.807, 2.05) is 4.90 Å². The van der Waals surface area contributed by atoms with E-state index >= 15 is 0 Å². The maximum Gasteiger partial charge on any atom is 0.358 e. The summed E-state index contributed by atoms with van der Waals surface area (Å²) in [5, 5.41) is 0. The van der Waals surface area contributed by atoms with Gasteiger partial charge in [0.15, 0.2) is 5.69 Å². The number of piperidine rings is 1. The molecule has 1 amide bonds. The molecule has 2 aliphatic heterocycles. The number of allylic oxidation sites excluding steroid dienone is 2. The van der Waals surface area contributed by atoms with Crippen LogP contribution in [0.25, 0.3) is 0 Å². The Labute approximate surface area is 170 Å². The van der Waals surface area contributed by atoms with Crippen LogP contribution in [0.1, 0.15) is 42.6 Å². The van der Waals surface area contributed by atoms with Gasteiger partial charge in [-0.25, -0.2) is 14.8 Å². The van der Waals surface area contributed by atoms with Crippen molar-refractivity contribution in [1.29, 1.82) is 0 Å². The molecule has 4 rings (SSSR count). The van der Waals surface area contributed by atoms with Crippen molar-refractivity contribution in [3.63, 3.8) is 0 Å². The standard InChI is InChI=1S/C21H28N4O4/c1-28-20(27)17-13-23-18(14-22-17)25-10-11-29-21(15-25)6-8-24(9-7-21)19(26)12-16-4-2-3-5-16/h2,4,13-14,16H,3,5-12,15H2,1H3. The average molecular weight is 400 g/mol. The molecule has 8 heteroatoms. The first-order valence-electron chi connectivity index (χ1n) is 10.3. The fourth-order valence-electron chi connectivity index (χ4n) is 4.42. The zero-order valence-corrected chi connectivity index (χ0v) is 16.9. The number of carbonyl (C=O) groups excluding carboxylic acids is 2. The van der Waals surface area contributed by atoms with E-state index in [1.54, 1.807) is 6.20 Å². The van der Waals surface area contributed by atoms with Gasteiger partial charge in [-0.05, 0) is 31.6 Å². The van der Waals surface area contributed by atoms with Gasteiger partial charge in [0.1, 0.15) is 5.82 Å². The van der Waals surface area contributed by atoms with Crippen LogP contribution in [0.2, 0.25) is 0 Å². The normalized spacial score (nSPS) is 23.4. The van der Waals surface area contributed by atoms with Gasteiger partial charge in [-0.3, -0.25) is 4.79 Å². The topological polar surface area (TPSA) is 84.9 Å². The first-order valence-corrected chi connectivity index (χ1v) is 10.3. The number of carbonyl (C=O) groups is 2. The predicted molar refractivity (Wildman–Crippen MR) is 107 cm³/mol. The van der Waals surface area contributed by atoms with E-state index in [-0.39, 0.29) is 17.2 Å². The van der Waals surface area contributed by atoms with E-state index in [4.69, 9.17) is 4.74 Å². The van der Waals surface area contributed by atoms with E-state index in [9.17, 15) is 9.59 Å². The molecular weight excluding hydrogens is 372 g/mol. The molecule has 8 nitrogen and oxygen atoms in total. The molecule has 2 fully saturated rings. The molecule has 1 aliphatic carbocycles. The van der Waals surface area contributed by atoms with Crippen molar-refractivity contribution in [3.8, 4) is 0 Å². The van der Waals surface area contributed by atoms with E-state index in [1.165, 1.54) is 13.3 Å². The molecule has 0 bridgehead atoms. The Kier molecular flexibility index (Phi) is 5.80. The Morgan fingerprint density at radius 1 is 1.24 bits per heavy atom. The molecule has 3 aliphatic rings. The van der Waals surface area contributed by atoms with Gasteiger partial charge in [0, 0.05) is 32.6 Å². The number of morpholine rings is 1. The largest absolute Gasteiger partial charge is 0.464 e. The van der Waals surface area contributed by atoms with Gasteiger partial charge in [0.2, 0.25) is 5.91 Å². The van der Waals surface area contributed by atoms with Crippen LogP contribution in [-0.4, -0.2) is 72.2 Å². The van der Waals surface area contributed by atoms with Crippen LogP contribution in [-0.2, 0) is 14.3 Å². The molecule has 1 atom stereocenters. The molecule has 156 valence electrons. The first kappa shape index (κ1) is 19.8. The molecule has 1 unspecified atom stereocenters. The highest BCUT2D eigenvalue weighted by molar-refractivity contribution is 5.86. The average Bonchev–Trinajstić information content (AvgIpc) is 3.27. The zero-order chi connectivity index (χ0) is 20.3. The number of ether oxygens (including phenoxy) is 2. The third-order valence-corrected chi connectivity index (χ3v) is 6.18. The lowest BCUT2D eigenvalue weighted by Gasteiger charge is -2.47. The minimum absolute atomic E-state index is 0.197. The van der Waals surface area contributed by atoms with Gasteiger partial charge in [-0.1, -0.05) is 12.2 Å². The summed E-state index contributed by atoms with van der Waals surface area (Å²) in [6.07, 6.45) is 11.9. The number of rotatable bonds is 4. The summed E-state index contributed by atoms with van der Waals surface area (Å²) in [5.41, 5.74) is -0.0616. The second-order valence-corrected chi connectivity index (χ2v) is 8.05. The summed E-state index contributed by atoms with van der Waals surface area (Å²) in [5.74, 6) is 0.902. The van der Waals surface area contributed by atoms with Crippen molar-refractivity contribution in [3.05, 3.63) is 30.2 Å². The Hall–Kier alpha value is -2.48. The van der Waals surface area contributed by atoms with Crippen molar-refractivity contribution >= 4 is 17.7 Å². The zero-order valence-electron chi connectivity index (χ0n) is 16.9. The van der Waals surface area contributed by atoms with Gasteiger partial charge in [-0.2, -0.15) is 0 Å². The van der Waals surface area contributed by atoms with E-state index in [2.05, 4.69) is 31.8 Å². The number of anilines is 1. The third kappa shape index (κ3) is 4.42. The minimum Gasteiger partial charge on any atom is -0.464 e. The van der Waals surface area contributed by atoms with Gasteiger partial charge in [0.05, 0.1) is 31.7 Å². The quantitative estimate of drug-likeness (QED) is 0.563. The van der Waals surface area contributed by atoms with Crippen molar-refractivity contribution in [1.82, 2.24) is 14.9 Å².